The van der Waals surface area contributed by atoms with Crippen LogP contribution in [0, 0.1) is 0 Å². The van der Waals surface area contributed by atoms with Crippen molar-refractivity contribution in [2.45, 2.75) is 5.92 Å². The Morgan fingerprint density at radius 1 is 0.923 bits per heavy atom. The second-order valence-electron chi connectivity index (χ2n) is 6.01. The third kappa shape index (κ3) is 6.29. The van der Waals surface area contributed by atoms with Gasteiger partial charge in [0.25, 0.3) is 0 Å². The van der Waals surface area contributed by atoms with Gasteiger partial charge in [0.2, 0.25) is 0 Å². The van der Waals surface area contributed by atoms with Gasteiger partial charge in [-0.2, -0.15) is 0 Å². The molecule has 0 radical (unpaired) electrons. The van der Waals surface area contributed by atoms with Crippen LogP contribution in [0.25, 0.3) is 0 Å². The minimum atomic E-state index is -0.365. The molecule has 0 bridgehead atoms. The maximum atomic E-state index is 12.7. The molecule has 1 heterocycles. The predicted molar refractivity (Wildman–Crippen MR) is 109 cm³/mol. The molecule has 1 aliphatic rings. The number of benzene rings is 2. The topological polar surface area (TPSA) is 41.6 Å². The summed E-state index contributed by atoms with van der Waals surface area (Å²) in [5.41, 5.74) is 1.94. The Morgan fingerprint density at radius 2 is 1.42 bits per heavy atom. The van der Waals surface area contributed by atoms with Crippen LogP contribution in [-0.2, 0) is 9.53 Å². The van der Waals surface area contributed by atoms with Crippen LogP contribution in [0.2, 0.25) is 0 Å². The monoisotopic (exact) mass is 396 g/mol. The van der Waals surface area contributed by atoms with Crippen LogP contribution in [0.4, 0.5) is 0 Å². The van der Waals surface area contributed by atoms with Crippen molar-refractivity contribution in [2.75, 3.05) is 39.3 Å². The van der Waals surface area contributed by atoms with Gasteiger partial charge in [-0.05, 0) is 11.1 Å². The zero-order valence-electron chi connectivity index (χ0n) is 14.7. The molecular formula is C20H26Cl2N2O2. The SMILES string of the molecule is Cl.Cl.O=C(OCCN1CCNCC1)C(c1ccccc1)c1ccccc1. The molecule has 0 atom stereocenters. The summed E-state index contributed by atoms with van der Waals surface area (Å²) >= 11 is 0. The number of ether oxygens (including phenoxy) is 1. The summed E-state index contributed by atoms with van der Waals surface area (Å²) in [7, 11) is 0. The van der Waals surface area contributed by atoms with Crippen LogP contribution >= 0.6 is 24.8 Å². The molecule has 1 saturated heterocycles. The number of rotatable bonds is 6. The average Bonchev–Trinajstić information content (AvgIpc) is 2.65. The van der Waals surface area contributed by atoms with E-state index in [1.165, 1.54) is 0 Å². The molecule has 0 aromatic heterocycles. The van der Waals surface area contributed by atoms with Gasteiger partial charge in [-0.1, -0.05) is 60.7 Å². The van der Waals surface area contributed by atoms with Crippen molar-refractivity contribution >= 4 is 30.8 Å². The zero-order valence-corrected chi connectivity index (χ0v) is 16.3. The smallest absolute Gasteiger partial charge is 0.317 e. The summed E-state index contributed by atoms with van der Waals surface area (Å²) < 4.78 is 5.61. The molecule has 2 aromatic rings. The maximum absolute atomic E-state index is 12.7. The number of hydrogen-bond donors (Lipinski definition) is 1. The lowest BCUT2D eigenvalue weighted by Gasteiger charge is -2.27. The molecule has 0 amide bonds. The van der Waals surface area contributed by atoms with E-state index in [-0.39, 0.29) is 36.7 Å². The number of carbonyl (C=O) groups is 1. The van der Waals surface area contributed by atoms with E-state index in [1.54, 1.807) is 0 Å². The lowest BCUT2D eigenvalue weighted by molar-refractivity contribution is -0.144. The van der Waals surface area contributed by atoms with Crippen LogP contribution in [0.15, 0.2) is 60.7 Å². The van der Waals surface area contributed by atoms with Crippen LogP contribution in [-0.4, -0.2) is 50.2 Å². The first-order valence-corrected chi connectivity index (χ1v) is 8.54. The van der Waals surface area contributed by atoms with Crippen molar-refractivity contribution in [1.82, 2.24) is 10.2 Å². The molecule has 0 aliphatic carbocycles. The molecule has 1 fully saturated rings. The maximum Gasteiger partial charge on any atom is 0.317 e. The van der Waals surface area contributed by atoms with E-state index in [1.807, 2.05) is 60.7 Å². The number of carbonyl (C=O) groups excluding carboxylic acids is 1. The van der Waals surface area contributed by atoms with Gasteiger partial charge < -0.3 is 10.1 Å². The number of nitrogens with zero attached hydrogens (tertiary/aromatic N) is 1. The molecule has 3 rings (SSSR count). The van der Waals surface area contributed by atoms with E-state index in [2.05, 4.69) is 10.2 Å². The van der Waals surface area contributed by atoms with Gasteiger partial charge in [0.1, 0.15) is 12.5 Å². The molecule has 142 valence electrons. The summed E-state index contributed by atoms with van der Waals surface area (Å²) in [4.78, 5) is 15.1. The van der Waals surface area contributed by atoms with Gasteiger partial charge in [0.05, 0.1) is 0 Å². The molecule has 1 aliphatic heterocycles. The Labute approximate surface area is 167 Å². The van der Waals surface area contributed by atoms with Crippen LogP contribution in [0.5, 0.6) is 0 Å². The van der Waals surface area contributed by atoms with Crippen molar-refractivity contribution in [3.05, 3.63) is 71.8 Å². The fraction of sp³-hybridized carbons (Fsp3) is 0.350. The van der Waals surface area contributed by atoms with Gasteiger partial charge >= 0.3 is 5.97 Å². The molecular weight excluding hydrogens is 371 g/mol. The van der Waals surface area contributed by atoms with Gasteiger partial charge in [-0.25, -0.2) is 0 Å². The van der Waals surface area contributed by atoms with Gasteiger partial charge in [-0.15, -0.1) is 24.8 Å². The standard InChI is InChI=1S/C20H24N2O2.2ClH/c23-20(24-16-15-22-13-11-21-12-14-22)19(17-7-3-1-4-8-17)18-9-5-2-6-10-18;;/h1-10,19,21H,11-16H2;2*1H. The second-order valence-corrected chi connectivity index (χ2v) is 6.01. The third-order valence-corrected chi connectivity index (χ3v) is 4.36. The molecule has 1 N–H and O–H groups in total. The minimum Gasteiger partial charge on any atom is -0.464 e. The molecule has 6 heteroatoms. The predicted octanol–water partition coefficient (Wildman–Crippen LogP) is 3.11. The first-order valence-electron chi connectivity index (χ1n) is 8.54. The molecule has 0 unspecified atom stereocenters. The van der Waals surface area contributed by atoms with E-state index >= 15 is 0 Å². The summed E-state index contributed by atoms with van der Waals surface area (Å²) in [5.74, 6) is -0.544. The van der Waals surface area contributed by atoms with Gasteiger partial charge in [-0.3, -0.25) is 9.69 Å². The van der Waals surface area contributed by atoms with E-state index in [9.17, 15) is 4.79 Å². The lowest BCUT2D eigenvalue weighted by atomic mass is 9.91. The Balaban J connectivity index is 0.00000169. The second kappa shape index (κ2) is 11.9. The fourth-order valence-electron chi connectivity index (χ4n) is 3.05. The number of nitrogens with one attached hydrogen (secondary N) is 1. The first-order chi connectivity index (χ1) is 11.8. The normalized spacial score (nSPS) is 14.2. The summed E-state index contributed by atoms with van der Waals surface area (Å²) in [5, 5.41) is 3.33. The van der Waals surface area contributed by atoms with Crippen molar-refractivity contribution in [3.63, 3.8) is 0 Å². The largest absolute Gasteiger partial charge is 0.464 e. The number of esters is 1. The highest BCUT2D eigenvalue weighted by molar-refractivity contribution is 5.85. The Hall–Kier alpha value is -1.59. The molecule has 4 nitrogen and oxygen atoms in total. The summed E-state index contributed by atoms with van der Waals surface area (Å²) in [6.07, 6.45) is 0. The van der Waals surface area contributed by atoms with Crippen LogP contribution < -0.4 is 5.32 Å². The minimum absolute atomic E-state index is 0. The van der Waals surface area contributed by atoms with E-state index in [0.29, 0.717) is 6.61 Å². The molecule has 0 saturated carbocycles. The van der Waals surface area contributed by atoms with Crippen molar-refractivity contribution in [1.29, 1.82) is 0 Å². The molecule has 0 spiro atoms. The van der Waals surface area contributed by atoms with Gasteiger partial charge in [0.15, 0.2) is 0 Å². The van der Waals surface area contributed by atoms with E-state index in [4.69, 9.17) is 4.74 Å². The highest BCUT2D eigenvalue weighted by Crippen LogP contribution is 2.25. The van der Waals surface area contributed by atoms with Crippen molar-refractivity contribution < 1.29 is 9.53 Å². The van der Waals surface area contributed by atoms with Crippen LogP contribution in [0.3, 0.4) is 0 Å². The van der Waals surface area contributed by atoms with Gasteiger partial charge in [0, 0.05) is 32.7 Å². The fourth-order valence-corrected chi connectivity index (χ4v) is 3.05. The Kier molecular flexibility index (Phi) is 10.3. The Morgan fingerprint density at radius 3 is 1.92 bits per heavy atom. The zero-order chi connectivity index (χ0) is 16.6. The van der Waals surface area contributed by atoms with Crippen molar-refractivity contribution in [3.8, 4) is 0 Å². The summed E-state index contributed by atoms with van der Waals surface area (Å²) in [6, 6.07) is 19.7. The number of hydrogen-bond acceptors (Lipinski definition) is 4. The lowest BCUT2D eigenvalue weighted by Crippen LogP contribution is -2.44. The van der Waals surface area contributed by atoms with E-state index in [0.717, 1.165) is 43.9 Å². The third-order valence-electron chi connectivity index (χ3n) is 4.36. The van der Waals surface area contributed by atoms with E-state index < -0.39 is 0 Å². The average molecular weight is 397 g/mol. The highest BCUT2D eigenvalue weighted by atomic mass is 35.5. The number of piperazine rings is 1. The van der Waals surface area contributed by atoms with Crippen LogP contribution in [0.1, 0.15) is 17.0 Å². The Bertz CT molecular complexity index is 595. The first kappa shape index (κ1) is 22.5. The molecule has 2 aromatic carbocycles. The van der Waals surface area contributed by atoms with Crippen molar-refractivity contribution in [2.24, 2.45) is 0 Å². The summed E-state index contributed by atoms with van der Waals surface area (Å²) in [6.45, 7) is 5.27. The molecule has 26 heavy (non-hydrogen) atoms. The quantitative estimate of drug-likeness (QED) is 0.761. The number of halogens is 2. The highest BCUT2D eigenvalue weighted by Gasteiger charge is 2.24.